The minimum absolute atomic E-state index is 0.0875. The van der Waals surface area contributed by atoms with Gasteiger partial charge in [0.1, 0.15) is 6.04 Å². The van der Waals surface area contributed by atoms with E-state index in [1.165, 1.54) is 7.05 Å². The minimum Gasteiger partial charge on any atom is -0.480 e. The quantitative estimate of drug-likeness (QED) is 0.871. The van der Waals surface area contributed by atoms with Crippen LogP contribution in [0.3, 0.4) is 0 Å². The van der Waals surface area contributed by atoms with Gasteiger partial charge in [0.15, 0.2) is 0 Å². The number of anilines is 1. The van der Waals surface area contributed by atoms with Crippen molar-refractivity contribution in [3.63, 3.8) is 0 Å². The van der Waals surface area contributed by atoms with Crippen molar-refractivity contribution in [2.24, 2.45) is 0 Å². The number of hydrogen-bond donors (Lipinski definition) is 1. The smallest absolute Gasteiger partial charge is 0.323 e. The van der Waals surface area contributed by atoms with Crippen LogP contribution in [0.25, 0.3) is 0 Å². The van der Waals surface area contributed by atoms with E-state index in [1.807, 2.05) is 0 Å². The number of carbonyl (C=O) groups is 1. The highest BCUT2D eigenvalue weighted by atomic mass is 79.9. The van der Waals surface area contributed by atoms with E-state index in [0.29, 0.717) is 5.69 Å². The fraction of sp³-hybridized carbons (Fsp3) is 0.300. The van der Waals surface area contributed by atoms with Gasteiger partial charge in [-0.05, 0) is 24.3 Å². The summed E-state index contributed by atoms with van der Waals surface area (Å²) in [5.41, 5.74) is 0.453. The molecule has 0 aromatic heterocycles. The molecule has 1 atom stereocenters. The van der Waals surface area contributed by atoms with E-state index in [1.54, 1.807) is 24.3 Å². The third-order valence-electron chi connectivity index (χ3n) is 2.82. The molecule has 1 aliphatic heterocycles. The maximum absolute atomic E-state index is 12.1. The van der Waals surface area contributed by atoms with Crippen LogP contribution in [0.1, 0.15) is 0 Å². The Morgan fingerprint density at radius 3 is 2.39 bits per heavy atom. The van der Waals surface area contributed by atoms with Gasteiger partial charge in [-0.2, -0.15) is 12.7 Å². The number of hydrogen-bond acceptors (Lipinski definition) is 3. The fourth-order valence-electron chi connectivity index (χ4n) is 1.76. The molecule has 0 radical (unpaired) electrons. The molecule has 98 valence electrons. The molecule has 2 rings (SSSR count). The maximum Gasteiger partial charge on any atom is 0.323 e. The van der Waals surface area contributed by atoms with E-state index in [9.17, 15) is 13.2 Å². The highest BCUT2D eigenvalue weighted by molar-refractivity contribution is 9.10. The predicted molar refractivity (Wildman–Crippen MR) is 69.6 cm³/mol. The van der Waals surface area contributed by atoms with Crippen molar-refractivity contribution in [3.05, 3.63) is 28.7 Å². The molecule has 1 fully saturated rings. The molecule has 6 nitrogen and oxygen atoms in total. The first-order chi connectivity index (χ1) is 8.34. The monoisotopic (exact) mass is 334 g/mol. The number of carboxylic acid groups (broad SMARTS) is 1. The molecule has 1 unspecified atom stereocenters. The third kappa shape index (κ3) is 2.11. The summed E-state index contributed by atoms with van der Waals surface area (Å²) in [5, 5.41) is 8.98. The fourth-order valence-corrected chi connectivity index (χ4v) is 3.53. The van der Waals surface area contributed by atoms with Gasteiger partial charge in [-0.25, -0.2) is 0 Å². The van der Waals surface area contributed by atoms with Crippen LogP contribution < -0.4 is 4.31 Å². The Morgan fingerprint density at radius 2 is 1.94 bits per heavy atom. The van der Waals surface area contributed by atoms with Crippen molar-refractivity contribution in [1.82, 2.24) is 4.31 Å². The molecule has 0 aliphatic carbocycles. The van der Waals surface area contributed by atoms with Gasteiger partial charge in [0.2, 0.25) is 0 Å². The summed E-state index contributed by atoms with van der Waals surface area (Å²) in [5.74, 6) is -1.15. The third-order valence-corrected chi connectivity index (χ3v) is 5.25. The van der Waals surface area contributed by atoms with Crippen molar-refractivity contribution in [3.8, 4) is 0 Å². The molecule has 1 aromatic carbocycles. The molecular weight excluding hydrogens is 324 g/mol. The number of benzene rings is 1. The SMILES string of the molecule is CN1C(C(=O)O)CN(c2ccc(Br)cc2)S1(=O)=O. The topological polar surface area (TPSA) is 77.9 Å². The van der Waals surface area contributed by atoms with Gasteiger partial charge in [0, 0.05) is 11.5 Å². The molecule has 1 N–H and O–H groups in total. The molecule has 18 heavy (non-hydrogen) atoms. The maximum atomic E-state index is 12.1. The number of halogens is 1. The van der Waals surface area contributed by atoms with Crippen LogP contribution >= 0.6 is 15.9 Å². The molecule has 1 saturated heterocycles. The molecule has 0 saturated carbocycles. The Hall–Kier alpha value is -1.12. The highest BCUT2D eigenvalue weighted by Gasteiger charge is 2.45. The summed E-state index contributed by atoms with van der Waals surface area (Å²) in [6.45, 7) is -0.0875. The van der Waals surface area contributed by atoms with Crippen LogP contribution in [0.15, 0.2) is 28.7 Å². The molecule has 1 aromatic rings. The summed E-state index contributed by atoms with van der Waals surface area (Å²) in [6, 6.07) is 5.61. The van der Waals surface area contributed by atoms with Gasteiger partial charge in [-0.1, -0.05) is 15.9 Å². The van der Waals surface area contributed by atoms with Crippen LogP contribution in [-0.2, 0) is 15.0 Å². The molecular formula is C10H11BrN2O4S. The van der Waals surface area contributed by atoms with Crippen molar-refractivity contribution < 1.29 is 18.3 Å². The lowest BCUT2D eigenvalue weighted by Crippen LogP contribution is -2.36. The lowest BCUT2D eigenvalue weighted by atomic mass is 10.2. The first kappa shape index (κ1) is 13.3. The van der Waals surface area contributed by atoms with E-state index < -0.39 is 22.2 Å². The molecule has 0 amide bonds. The second kappa shape index (κ2) is 4.52. The van der Waals surface area contributed by atoms with Crippen molar-refractivity contribution in [2.75, 3.05) is 17.9 Å². The predicted octanol–water partition coefficient (Wildman–Crippen LogP) is 0.899. The molecule has 8 heteroatoms. The Balaban J connectivity index is 2.40. The average molecular weight is 335 g/mol. The number of rotatable bonds is 2. The van der Waals surface area contributed by atoms with Crippen molar-refractivity contribution in [1.29, 1.82) is 0 Å². The van der Waals surface area contributed by atoms with Gasteiger partial charge in [-0.15, -0.1) is 0 Å². The summed E-state index contributed by atoms with van der Waals surface area (Å²) in [4.78, 5) is 11.0. The van der Waals surface area contributed by atoms with Crippen LogP contribution in [0.2, 0.25) is 0 Å². The minimum atomic E-state index is -3.76. The van der Waals surface area contributed by atoms with Crippen molar-refractivity contribution in [2.45, 2.75) is 6.04 Å². The zero-order chi connectivity index (χ0) is 13.5. The lowest BCUT2D eigenvalue weighted by Gasteiger charge is -2.17. The van der Waals surface area contributed by atoms with Crippen LogP contribution in [-0.4, -0.2) is 43.4 Å². The van der Waals surface area contributed by atoms with Crippen LogP contribution in [0, 0.1) is 0 Å². The van der Waals surface area contributed by atoms with Crippen molar-refractivity contribution >= 4 is 37.8 Å². The van der Waals surface area contributed by atoms with Crippen LogP contribution in [0.4, 0.5) is 5.69 Å². The zero-order valence-electron chi connectivity index (χ0n) is 9.45. The Labute approximate surface area is 113 Å². The summed E-state index contributed by atoms with van der Waals surface area (Å²) < 4.78 is 26.9. The van der Waals surface area contributed by atoms with E-state index >= 15 is 0 Å². The summed E-state index contributed by atoms with van der Waals surface area (Å²) in [7, 11) is -2.48. The number of aliphatic carboxylic acids is 1. The Bertz CT molecular complexity index is 572. The second-order valence-electron chi connectivity index (χ2n) is 3.89. The van der Waals surface area contributed by atoms with Crippen LogP contribution in [0.5, 0.6) is 0 Å². The Morgan fingerprint density at radius 1 is 1.39 bits per heavy atom. The van der Waals surface area contributed by atoms with Gasteiger partial charge < -0.3 is 5.11 Å². The molecule has 0 spiro atoms. The lowest BCUT2D eigenvalue weighted by molar-refractivity contribution is -0.140. The largest absolute Gasteiger partial charge is 0.480 e. The van der Waals surface area contributed by atoms with Gasteiger partial charge in [-0.3, -0.25) is 9.10 Å². The van der Waals surface area contributed by atoms with E-state index in [0.717, 1.165) is 13.1 Å². The Kier molecular flexibility index (Phi) is 3.35. The molecule has 0 bridgehead atoms. The number of likely N-dealkylation sites (N-methyl/N-ethyl adjacent to an activating group) is 1. The number of carboxylic acids is 1. The van der Waals surface area contributed by atoms with Gasteiger partial charge >= 0.3 is 16.2 Å². The van der Waals surface area contributed by atoms with E-state index in [4.69, 9.17) is 5.11 Å². The zero-order valence-corrected chi connectivity index (χ0v) is 11.8. The normalized spacial score (nSPS) is 23.2. The first-order valence-corrected chi connectivity index (χ1v) is 7.27. The number of nitrogens with zero attached hydrogens (tertiary/aromatic N) is 2. The van der Waals surface area contributed by atoms with E-state index in [-0.39, 0.29) is 6.54 Å². The first-order valence-electron chi connectivity index (χ1n) is 5.08. The summed E-state index contributed by atoms with van der Waals surface area (Å²) >= 11 is 3.26. The molecule has 1 aliphatic rings. The summed E-state index contributed by atoms with van der Waals surface area (Å²) in [6.07, 6.45) is 0. The molecule has 1 heterocycles. The van der Waals surface area contributed by atoms with Gasteiger partial charge in [0.05, 0.1) is 12.2 Å². The van der Waals surface area contributed by atoms with E-state index in [2.05, 4.69) is 15.9 Å². The van der Waals surface area contributed by atoms with Gasteiger partial charge in [0.25, 0.3) is 0 Å². The average Bonchev–Trinajstić information content (AvgIpc) is 2.53. The highest BCUT2D eigenvalue weighted by Crippen LogP contribution is 2.28. The second-order valence-corrected chi connectivity index (χ2v) is 6.71. The standard InChI is InChI=1S/C10H11BrN2O4S/c1-12-9(10(14)15)6-13(18(12,16)17)8-4-2-7(11)3-5-8/h2-5,9H,6H2,1H3,(H,14,15).